The van der Waals surface area contributed by atoms with Gasteiger partial charge in [-0.05, 0) is 91.8 Å². The van der Waals surface area contributed by atoms with Gasteiger partial charge in [-0.1, -0.05) is 86.0 Å². The van der Waals surface area contributed by atoms with Crippen LogP contribution in [-0.2, 0) is 0 Å². The second kappa shape index (κ2) is 11.7. The summed E-state index contributed by atoms with van der Waals surface area (Å²) < 4.78 is 0. The molecule has 0 bridgehead atoms. The molecular weight excluding hydrogens is 364 g/mol. The molecular formula is C29H54O. The maximum Gasteiger partial charge on any atom is 0.0543 e. The Morgan fingerprint density at radius 2 is 1.50 bits per heavy atom. The summed E-state index contributed by atoms with van der Waals surface area (Å²) in [7, 11) is 0. The van der Waals surface area contributed by atoms with Gasteiger partial charge in [0, 0.05) is 0 Å². The molecule has 0 spiro atoms. The number of hydrogen-bond donors (Lipinski definition) is 1. The van der Waals surface area contributed by atoms with Gasteiger partial charge in [-0.15, -0.1) is 0 Å². The molecule has 3 aliphatic rings. The Bertz CT molecular complexity index is 473. The van der Waals surface area contributed by atoms with Gasteiger partial charge < -0.3 is 5.11 Å². The van der Waals surface area contributed by atoms with Crippen LogP contribution >= 0.6 is 0 Å². The molecule has 0 aromatic carbocycles. The first-order chi connectivity index (χ1) is 14.4. The molecule has 0 aliphatic heterocycles. The van der Waals surface area contributed by atoms with Gasteiger partial charge in [0.2, 0.25) is 0 Å². The number of hydrogen-bond acceptors (Lipinski definition) is 1. The highest BCUT2D eigenvalue weighted by atomic mass is 16.3. The zero-order valence-electron chi connectivity index (χ0n) is 21.1. The smallest absolute Gasteiger partial charge is 0.0543 e. The van der Waals surface area contributed by atoms with Gasteiger partial charge in [0.15, 0.2) is 0 Å². The maximum atomic E-state index is 10.5. The summed E-state index contributed by atoms with van der Waals surface area (Å²) >= 11 is 0. The van der Waals surface area contributed by atoms with Gasteiger partial charge >= 0.3 is 0 Å². The average Bonchev–Trinajstić information content (AvgIpc) is 3.25. The van der Waals surface area contributed by atoms with E-state index in [0.29, 0.717) is 0 Å². The minimum Gasteiger partial charge on any atom is -0.393 e. The van der Waals surface area contributed by atoms with Crippen molar-refractivity contribution in [2.24, 2.45) is 53.3 Å². The lowest BCUT2D eigenvalue weighted by Gasteiger charge is -2.45. The van der Waals surface area contributed by atoms with E-state index in [1.165, 1.54) is 77.0 Å². The van der Waals surface area contributed by atoms with Crippen molar-refractivity contribution < 1.29 is 5.11 Å². The molecule has 0 aromatic heterocycles. The van der Waals surface area contributed by atoms with Crippen molar-refractivity contribution in [2.75, 3.05) is 0 Å². The molecule has 0 radical (unpaired) electrons. The first-order valence-electron chi connectivity index (χ1n) is 14.1. The maximum absolute atomic E-state index is 10.5. The van der Waals surface area contributed by atoms with Crippen LogP contribution in [0.5, 0.6) is 0 Å². The van der Waals surface area contributed by atoms with Crippen LogP contribution in [0.1, 0.15) is 125 Å². The minimum atomic E-state index is -0.0307. The molecule has 3 fully saturated rings. The minimum absolute atomic E-state index is 0.0307. The van der Waals surface area contributed by atoms with Crippen LogP contribution in [0, 0.1) is 53.3 Å². The first kappa shape index (κ1) is 24.6. The monoisotopic (exact) mass is 418 g/mol. The molecule has 6 unspecified atom stereocenters. The largest absolute Gasteiger partial charge is 0.393 e. The van der Waals surface area contributed by atoms with E-state index in [9.17, 15) is 5.11 Å². The summed E-state index contributed by atoms with van der Waals surface area (Å²) in [6.07, 6.45) is 19.3. The highest BCUT2D eigenvalue weighted by Gasteiger charge is 2.41. The standard InChI is InChI=1S/C29H54O/c1-6-9-26(23(5)24-15-12-20(2)13-16-24)18-22(4)29(25-10-7-8-11-25)28-19-27(30)17-14-21(28)3/h20-30H,6-19H2,1-5H3/t20?,21?,22?,23?,24?,26?,27-,28?,29?/m1/s1. The number of aliphatic hydroxyl groups excluding tert-OH is 1. The third-order valence-electron chi connectivity index (χ3n) is 10.2. The summed E-state index contributed by atoms with van der Waals surface area (Å²) in [5, 5.41) is 10.5. The Kier molecular flexibility index (Phi) is 9.61. The molecule has 0 amide bonds. The van der Waals surface area contributed by atoms with Crippen molar-refractivity contribution in [3.05, 3.63) is 0 Å². The van der Waals surface area contributed by atoms with Crippen molar-refractivity contribution in [1.29, 1.82) is 0 Å². The van der Waals surface area contributed by atoms with Gasteiger partial charge in [-0.25, -0.2) is 0 Å². The third kappa shape index (κ3) is 6.26. The van der Waals surface area contributed by atoms with Crippen LogP contribution in [0.25, 0.3) is 0 Å². The summed E-state index contributed by atoms with van der Waals surface area (Å²) in [5.41, 5.74) is 0. The van der Waals surface area contributed by atoms with Crippen molar-refractivity contribution in [2.45, 2.75) is 131 Å². The first-order valence-corrected chi connectivity index (χ1v) is 14.1. The van der Waals surface area contributed by atoms with Gasteiger partial charge in [0.05, 0.1) is 6.10 Å². The zero-order valence-corrected chi connectivity index (χ0v) is 21.1. The Morgan fingerprint density at radius 3 is 2.13 bits per heavy atom. The predicted octanol–water partition coefficient (Wildman–Crippen LogP) is 8.49. The highest BCUT2D eigenvalue weighted by Crippen LogP contribution is 2.49. The molecule has 0 aromatic rings. The summed E-state index contributed by atoms with van der Waals surface area (Å²) in [5.74, 6) is 7.94. The van der Waals surface area contributed by atoms with E-state index in [0.717, 1.165) is 66.1 Å². The number of aliphatic hydroxyl groups is 1. The topological polar surface area (TPSA) is 20.2 Å². The van der Waals surface area contributed by atoms with Crippen LogP contribution in [0.3, 0.4) is 0 Å². The Hall–Kier alpha value is -0.0400. The SMILES string of the molecule is CCCC(CC(C)C(C1CCCC1)C1C[C@H](O)CCC1C)C(C)C1CCC(C)CC1. The van der Waals surface area contributed by atoms with Gasteiger partial charge in [0.25, 0.3) is 0 Å². The summed E-state index contributed by atoms with van der Waals surface area (Å²) in [6, 6.07) is 0. The molecule has 176 valence electrons. The lowest BCUT2D eigenvalue weighted by atomic mass is 9.61. The second-order valence-corrected chi connectivity index (χ2v) is 12.4. The van der Waals surface area contributed by atoms with Crippen molar-refractivity contribution in [1.82, 2.24) is 0 Å². The fourth-order valence-corrected chi connectivity index (χ4v) is 8.25. The molecule has 0 heterocycles. The van der Waals surface area contributed by atoms with E-state index in [1.807, 2.05) is 0 Å². The van der Waals surface area contributed by atoms with Gasteiger partial charge in [-0.3, -0.25) is 0 Å². The van der Waals surface area contributed by atoms with E-state index in [-0.39, 0.29) is 6.10 Å². The van der Waals surface area contributed by atoms with E-state index >= 15 is 0 Å². The quantitative estimate of drug-likeness (QED) is 0.398. The van der Waals surface area contributed by atoms with E-state index in [1.54, 1.807) is 0 Å². The molecule has 1 nitrogen and oxygen atoms in total. The summed E-state index contributed by atoms with van der Waals surface area (Å²) in [6.45, 7) is 12.6. The van der Waals surface area contributed by atoms with Crippen LogP contribution in [0.2, 0.25) is 0 Å². The normalized spacial score (nSPS) is 37.6. The summed E-state index contributed by atoms with van der Waals surface area (Å²) in [4.78, 5) is 0. The van der Waals surface area contributed by atoms with Crippen LogP contribution < -0.4 is 0 Å². The van der Waals surface area contributed by atoms with Crippen molar-refractivity contribution in [3.63, 3.8) is 0 Å². The molecule has 1 N–H and O–H groups in total. The Balaban J connectivity index is 1.70. The fraction of sp³-hybridized carbons (Fsp3) is 1.00. The second-order valence-electron chi connectivity index (χ2n) is 12.4. The Morgan fingerprint density at radius 1 is 0.833 bits per heavy atom. The third-order valence-corrected chi connectivity index (χ3v) is 10.2. The molecule has 1 heteroatoms. The van der Waals surface area contributed by atoms with Gasteiger partial charge in [0.1, 0.15) is 0 Å². The lowest BCUT2D eigenvalue weighted by molar-refractivity contribution is 0.00500. The fourth-order valence-electron chi connectivity index (χ4n) is 8.25. The zero-order chi connectivity index (χ0) is 21.7. The average molecular weight is 419 g/mol. The molecule has 0 saturated heterocycles. The van der Waals surface area contributed by atoms with E-state index < -0.39 is 0 Å². The lowest BCUT2D eigenvalue weighted by Crippen LogP contribution is -2.39. The molecule has 7 atom stereocenters. The van der Waals surface area contributed by atoms with E-state index in [2.05, 4.69) is 34.6 Å². The predicted molar refractivity (Wildman–Crippen MR) is 130 cm³/mol. The van der Waals surface area contributed by atoms with Crippen LogP contribution in [-0.4, -0.2) is 11.2 Å². The van der Waals surface area contributed by atoms with Crippen LogP contribution in [0.15, 0.2) is 0 Å². The van der Waals surface area contributed by atoms with Crippen molar-refractivity contribution >= 4 is 0 Å². The highest BCUT2D eigenvalue weighted by molar-refractivity contribution is 4.91. The van der Waals surface area contributed by atoms with E-state index in [4.69, 9.17) is 0 Å². The number of rotatable bonds is 9. The van der Waals surface area contributed by atoms with Crippen molar-refractivity contribution in [3.8, 4) is 0 Å². The Labute approximate surface area is 189 Å². The molecule has 30 heavy (non-hydrogen) atoms. The van der Waals surface area contributed by atoms with Crippen LogP contribution in [0.4, 0.5) is 0 Å². The molecule has 3 rings (SSSR count). The molecule has 3 saturated carbocycles. The molecule has 3 aliphatic carbocycles. The van der Waals surface area contributed by atoms with Gasteiger partial charge in [-0.2, -0.15) is 0 Å².